The minimum Gasteiger partial charge on any atom is -0.348 e. The summed E-state index contributed by atoms with van der Waals surface area (Å²) in [6.07, 6.45) is 4.77. The van der Waals surface area contributed by atoms with Crippen molar-refractivity contribution in [2.75, 3.05) is 6.54 Å². The average molecular weight is 274 g/mol. The predicted molar refractivity (Wildman–Crippen MR) is 82.4 cm³/mol. The maximum absolute atomic E-state index is 12.3. The molecule has 0 spiro atoms. The Labute approximate surface area is 122 Å². The highest BCUT2D eigenvalue weighted by molar-refractivity contribution is 5.81. The molecule has 0 aromatic heterocycles. The molecule has 1 amide bonds. The molecule has 2 atom stereocenters. The van der Waals surface area contributed by atoms with Crippen LogP contribution < -0.4 is 10.6 Å². The molecule has 1 aromatic rings. The van der Waals surface area contributed by atoms with Crippen molar-refractivity contribution in [3.8, 4) is 0 Å². The van der Waals surface area contributed by atoms with Gasteiger partial charge in [-0.3, -0.25) is 4.79 Å². The van der Waals surface area contributed by atoms with E-state index in [9.17, 15) is 4.79 Å². The van der Waals surface area contributed by atoms with E-state index in [1.165, 1.54) is 24.8 Å². The standard InChI is InChI=1S/C17H26N2O/c1-3-12-18-13(2)17(20)19-16(15-10-7-11-15)14-8-5-4-6-9-14/h4-6,8-9,13,15-16,18H,3,7,10-12H2,1-2H3,(H,19,20). The Morgan fingerprint density at radius 1 is 1.30 bits per heavy atom. The molecule has 20 heavy (non-hydrogen) atoms. The summed E-state index contributed by atoms with van der Waals surface area (Å²) in [5, 5.41) is 6.49. The van der Waals surface area contributed by atoms with Crippen LogP contribution in [0.3, 0.4) is 0 Å². The van der Waals surface area contributed by atoms with Crippen molar-refractivity contribution in [2.45, 2.75) is 51.6 Å². The second kappa shape index (κ2) is 7.44. The maximum Gasteiger partial charge on any atom is 0.237 e. The zero-order chi connectivity index (χ0) is 14.4. The van der Waals surface area contributed by atoms with Gasteiger partial charge in [0.15, 0.2) is 0 Å². The lowest BCUT2D eigenvalue weighted by atomic mass is 9.77. The van der Waals surface area contributed by atoms with E-state index in [2.05, 4.69) is 29.7 Å². The first kappa shape index (κ1) is 15.0. The van der Waals surface area contributed by atoms with Crippen LogP contribution in [0.15, 0.2) is 30.3 Å². The van der Waals surface area contributed by atoms with Gasteiger partial charge >= 0.3 is 0 Å². The predicted octanol–water partition coefficient (Wildman–Crippen LogP) is 3.03. The van der Waals surface area contributed by atoms with Crippen molar-refractivity contribution < 1.29 is 4.79 Å². The summed E-state index contributed by atoms with van der Waals surface area (Å²) >= 11 is 0. The Kier molecular flexibility index (Phi) is 5.60. The zero-order valence-corrected chi connectivity index (χ0v) is 12.6. The fourth-order valence-electron chi connectivity index (χ4n) is 2.64. The van der Waals surface area contributed by atoms with Crippen LogP contribution in [0.5, 0.6) is 0 Å². The van der Waals surface area contributed by atoms with Gasteiger partial charge < -0.3 is 10.6 Å². The summed E-state index contributed by atoms with van der Waals surface area (Å²) in [5.74, 6) is 0.707. The number of carbonyl (C=O) groups excluding carboxylic acids is 1. The Morgan fingerprint density at radius 3 is 2.55 bits per heavy atom. The molecule has 1 fully saturated rings. The van der Waals surface area contributed by atoms with Gasteiger partial charge in [-0.15, -0.1) is 0 Å². The molecule has 3 nitrogen and oxygen atoms in total. The van der Waals surface area contributed by atoms with E-state index < -0.39 is 0 Å². The summed E-state index contributed by atoms with van der Waals surface area (Å²) in [4.78, 5) is 12.3. The first-order valence-corrected chi connectivity index (χ1v) is 7.81. The van der Waals surface area contributed by atoms with Gasteiger partial charge in [0.05, 0.1) is 12.1 Å². The molecule has 2 rings (SSSR count). The van der Waals surface area contributed by atoms with E-state index in [-0.39, 0.29) is 18.0 Å². The highest BCUT2D eigenvalue weighted by atomic mass is 16.2. The molecule has 0 radical (unpaired) electrons. The van der Waals surface area contributed by atoms with Crippen LogP contribution in [-0.2, 0) is 4.79 Å². The van der Waals surface area contributed by atoms with Crippen molar-refractivity contribution in [2.24, 2.45) is 5.92 Å². The molecular weight excluding hydrogens is 248 g/mol. The van der Waals surface area contributed by atoms with Crippen LogP contribution in [-0.4, -0.2) is 18.5 Å². The quantitative estimate of drug-likeness (QED) is 0.802. The van der Waals surface area contributed by atoms with Crippen LogP contribution in [0.1, 0.15) is 51.1 Å². The zero-order valence-electron chi connectivity index (χ0n) is 12.6. The molecule has 1 saturated carbocycles. The number of amides is 1. The third-order valence-electron chi connectivity index (χ3n) is 4.17. The van der Waals surface area contributed by atoms with Gasteiger partial charge in [-0.25, -0.2) is 0 Å². The smallest absolute Gasteiger partial charge is 0.237 e. The Morgan fingerprint density at radius 2 is 2.00 bits per heavy atom. The summed E-state index contributed by atoms with van der Waals surface area (Å²) in [7, 11) is 0. The van der Waals surface area contributed by atoms with Crippen LogP contribution in [0.2, 0.25) is 0 Å². The molecule has 110 valence electrons. The first-order chi connectivity index (χ1) is 9.72. The second-order valence-electron chi connectivity index (χ2n) is 5.76. The molecular formula is C17H26N2O. The molecule has 1 aliphatic carbocycles. The molecule has 2 N–H and O–H groups in total. The summed E-state index contributed by atoms with van der Waals surface area (Å²) in [6.45, 7) is 4.93. The van der Waals surface area contributed by atoms with Gasteiger partial charge in [0.1, 0.15) is 0 Å². The number of carbonyl (C=O) groups is 1. The molecule has 1 aromatic carbocycles. The van der Waals surface area contributed by atoms with Crippen molar-refractivity contribution in [3.05, 3.63) is 35.9 Å². The Hall–Kier alpha value is -1.35. The van der Waals surface area contributed by atoms with Crippen LogP contribution >= 0.6 is 0 Å². The van der Waals surface area contributed by atoms with E-state index in [4.69, 9.17) is 0 Å². The Balaban J connectivity index is 1.99. The fourth-order valence-corrected chi connectivity index (χ4v) is 2.64. The van der Waals surface area contributed by atoms with E-state index >= 15 is 0 Å². The van der Waals surface area contributed by atoms with Gasteiger partial charge in [0, 0.05) is 0 Å². The van der Waals surface area contributed by atoms with E-state index in [1.54, 1.807) is 0 Å². The van der Waals surface area contributed by atoms with Crippen LogP contribution in [0.25, 0.3) is 0 Å². The van der Waals surface area contributed by atoms with E-state index in [0.29, 0.717) is 5.92 Å². The van der Waals surface area contributed by atoms with Gasteiger partial charge in [0.25, 0.3) is 0 Å². The number of rotatable bonds is 7. The molecule has 0 saturated heterocycles. The lowest BCUT2D eigenvalue weighted by Crippen LogP contribution is -2.46. The molecule has 3 heteroatoms. The molecule has 0 heterocycles. The maximum atomic E-state index is 12.3. The largest absolute Gasteiger partial charge is 0.348 e. The number of hydrogen-bond donors (Lipinski definition) is 2. The van der Waals surface area contributed by atoms with Crippen molar-refractivity contribution in [1.82, 2.24) is 10.6 Å². The van der Waals surface area contributed by atoms with Gasteiger partial charge in [-0.1, -0.05) is 43.7 Å². The van der Waals surface area contributed by atoms with Crippen LogP contribution in [0, 0.1) is 5.92 Å². The third kappa shape index (κ3) is 3.83. The van der Waals surface area contributed by atoms with Crippen LogP contribution in [0.4, 0.5) is 0 Å². The number of nitrogens with one attached hydrogen (secondary N) is 2. The highest BCUT2D eigenvalue weighted by Gasteiger charge is 2.30. The topological polar surface area (TPSA) is 41.1 Å². The minimum atomic E-state index is -0.124. The molecule has 1 aliphatic rings. The molecule has 0 aliphatic heterocycles. The number of benzene rings is 1. The fraction of sp³-hybridized carbons (Fsp3) is 0.588. The highest BCUT2D eigenvalue weighted by Crippen LogP contribution is 2.37. The van der Waals surface area contributed by atoms with Crippen molar-refractivity contribution in [3.63, 3.8) is 0 Å². The SMILES string of the molecule is CCCNC(C)C(=O)NC(c1ccccc1)C1CCC1. The minimum absolute atomic E-state index is 0.110. The average Bonchev–Trinajstić information content (AvgIpc) is 2.43. The number of hydrogen-bond acceptors (Lipinski definition) is 2. The Bertz CT molecular complexity index is 414. The van der Waals surface area contributed by atoms with Gasteiger partial charge in [-0.2, -0.15) is 0 Å². The lowest BCUT2D eigenvalue weighted by molar-refractivity contribution is -0.124. The van der Waals surface area contributed by atoms with Crippen molar-refractivity contribution >= 4 is 5.91 Å². The monoisotopic (exact) mass is 274 g/mol. The van der Waals surface area contributed by atoms with E-state index in [0.717, 1.165) is 13.0 Å². The van der Waals surface area contributed by atoms with Crippen molar-refractivity contribution in [1.29, 1.82) is 0 Å². The summed E-state index contributed by atoms with van der Waals surface area (Å²) < 4.78 is 0. The van der Waals surface area contributed by atoms with Gasteiger partial charge in [-0.05, 0) is 44.2 Å². The lowest BCUT2D eigenvalue weighted by Gasteiger charge is -2.35. The molecule has 2 unspecified atom stereocenters. The normalized spacial score (nSPS) is 18.1. The van der Waals surface area contributed by atoms with E-state index in [1.807, 2.05) is 25.1 Å². The second-order valence-corrected chi connectivity index (χ2v) is 5.76. The third-order valence-corrected chi connectivity index (χ3v) is 4.17. The first-order valence-electron chi connectivity index (χ1n) is 7.81. The summed E-state index contributed by atoms with van der Waals surface area (Å²) in [6, 6.07) is 10.4. The molecule has 0 bridgehead atoms. The summed E-state index contributed by atoms with van der Waals surface area (Å²) in [5.41, 5.74) is 1.23. The van der Waals surface area contributed by atoms with Gasteiger partial charge in [0.2, 0.25) is 5.91 Å².